The third kappa shape index (κ3) is 5.59. The smallest absolute Gasteiger partial charge is 0.413 e. The first kappa shape index (κ1) is 28.5. The molecule has 2 aromatic carbocycles. The second kappa shape index (κ2) is 10.6. The Hall–Kier alpha value is -2.52. The van der Waals surface area contributed by atoms with Crippen LogP contribution in [0.5, 0.6) is 0 Å². The van der Waals surface area contributed by atoms with Crippen LogP contribution in [-0.2, 0) is 13.9 Å². The van der Waals surface area contributed by atoms with Crippen molar-refractivity contribution in [2.45, 2.75) is 83.9 Å². The van der Waals surface area contributed by atoms with E-state index in [1.165, 1.54) is 21.7 Å². The van der Waals surface area contributed by atoms with E-state index in [9.17, 15) is 4.79 Å². The average Bonchev–Trinajstić information content (AvgIpc) is 3.44. The predicted octanol–water partition coefficient (Wildman–Crippen LogP) is 6.13. The lowest BCUT2D eigenvalue weighted by Gasteiger charge is -2.44. The maximum Gasteiger partial charge on any atom is 0.413 e. The second-order valence-electron chi connectivity index (χ2n) is 12.2. The van der Waals surface area contributed by atoms with Crippen LogP contribution in [0.1, 0.15) is 66.5 Å². The van der Waals surface area contributed by atoms with Gasteiger partial charge in [-0.2, -0.15) is 0 Å². The molecule has 1 aromatic heterocycles. The molecule has 204 valence electrons. The summed E-state index contributed by atoms with van der Waals surface area (Å²) in [5.74, 6) is 0. The molecule has 0 bridgehead atoms. The molecule has 0 unspecified atom stereocenters. The van der Waals surface area contributed by atoms with Crippen LogP contribution in [-0.4, -0.2) is 48.3 Å². The molecule has 6 nitrogen and oxygen atoms in total. The van der Waals surface area contributed by atoms with Crippen molar-refractivity contribution in [3.05, 3.63) is 77.2 Å². The molecular formula is C30H40N2O4SSi. The molecule has 2 heterocycles. The number of carbonyl (C=O) groups excluding carboxylic acids is 1. The zero-order valence-corrected chi connectivity index (χ0v) is 25.5. The summed E-state index contributed by atoms with van der Waals surface area (Å²) in [7, 11) is -2.84. The summed E-state index contributed by atoms with van der Waals surface area (Å²) < 4.78 is 19.7. The first-order valence-corrected chi connectivity index (χ1v) is 15.9. The number of amides is 1. The fourth-order valence-electron chi connectivity index (χ4n) is 5.37. The maximum absolute atomic E-state index is 13.6. The summed E-state index contributed by atoms with van der Waals surface area (Å²) in [4.78, 5) is 19.9. The van der Waals surface area contributed by atoms with Gasteiger partial charge in [0.05, 0.1) is 12.6 Å². The van der Waals surface area contributed by atoms with Gasteiger partial charge < -0.3 is 13.9 Å². The lowest BCUT2D eigenvalue weighted by Crippen LogP contribution is -2.67. The van der Waals surface area contributed by atoms with E-state index >= 15 is 0 Å². The molecule has 0 saturated carbocycles. The number of thiazole rings is 1. The molecule has 1 fully saturated rings. The Morgan fingerprint density at radius 2 is 1.55 bits per heavy atom. The van der Waals surface area contributed by atoms with Gasteiger partial charge in [-0.15, -0.1) is 11.3 Å². The molecule has 1 amide bonds. The molecule has 4 rings (SSSR count). The van der Waals surface area contributed by atoms with Gasteiger partial charge in [0.2, 0.25) is 0 Å². The SMILES string of the molecule is CC(C)(C)OC(=O)N1[C@H](CO[Si](c2ccccc2)(c2ccccc2)C(C)(C)C)[C@@H](c2nccs2)OC1(C)C. The van der Waals surface area contributed by atoms with E-state index in [1.807, 2.05) is 52.1 Å². The van der Waals surface area contributed by atoms with Crippen molar-refractivity contribution in [2.24, 2.45) is 0 Å². The Kier molecular flexibility index (Phi) is 7.92. The molecule has 0 N–H and O–H groups in total. The number of hydrogen-bond donors (Lipinski definition) is 0. The van der Waals surface area contributed by atoms with Gasteiger partial charge >= 0.3 is 6.09 Å². The first-order chi connectivity index (χ1) is 17.8. The van der Waals surface area contributed by atoms with Crippen LogP contribution in [0.25, 0.3) is 0 Å². The lowest BCUT2D eigenvalue weighted by atomic mass is 10.1. The minimum absolute atomic E-state index is 0.196. The highest BCUT2D eigenvalue weighted by Gasteiger charge is 2.56. The largest absolute Gasteiger partial charge is 0.444 e. The molecule has 3 aromatic rings. The molecule has 0 spiro atoms. The number of rotatable bonds is 6. The topological polar surface area (TPSA) is 60.9 Å². The fourth-order valence-corrected chi connectivity index (χ4v) is 10.7. The van der Waals surface area contributed by atoms with Crippen LogP contribution in [0.3, 0.4) is 0 Å². The minimum atomic E-state index is -2.84. The number of benzene rings is 2. The molecular weight excluding hydrogens is 512 g/mol. The van der Waals surface area contributed by atoms with Gasteiger partial charge in [-0.05, 0) is 50.0 Å². The van der Waals surface area contributed by atoms with E-state index in [4.69, 9.17) is 13.9 Å². The summed E-state index contributed by atoms with van der Waals surface area (Å²) in [5.41, 5.74) is -1.55. The van der Waals surface area contributed by atoms with Crippen LogP contribution in [0, 0.1) is 0 Å². The number of aromatic nitrogens is 1. The standard InChI is InChI=1S/C30H40N2O4SSi/c1-28(2,3)36-27(33)32-24(25(35-30(32,7)8)26-31-19-20-37-26)21-34-38(29(4,5)6,22-15-11-9-12-16-22)23-17-13-10-14-18-23/h9-20,24-25H,21H2,1-8H3/t24-,25+/m1/s1. The summed E-state index contributed by atoms with van der Waals surface area (Å²) in [6.07, 6.45) is 0.917. The minimum Gasteiger partial charge on any atom is -0.444 e. The zero-order chi connectivity index (χ0) is 27.8. The van der Waals surface area contributed by atoms with Crippen LogP contribution in [0.15, 0.2) is 72.2 Å². The predicted molar refractivity (Wildman–Crippen MR) is 155 cm³/mol. The molecule has 38 heavy (non-hydrogen) atoms. The van der Waals surface area contributed by atoms with Crippen molar-refractivity contribution in [3.63, 3.8) is 0 Å². The fraction of sp³-hybridized carbons (Fsp3) is 0.467. The van der Waals surface area contributed by atoms with E-state index in [0.717, 1.165) is 5.01 Å². The van der Waals surface area contributed by atoms with Crippen LogP contribution >= 0.6 is 11.3 Å². The molecule has 8 heteroatoms. The van der Waals surface area contributed by atoms with Gasteiger partial charge in [-0.1, -0.05) is 81.4 Å². The van der Waals surface area contributed by atoms with Gasteiger partial charge in [0.25, 0.3) is 8.32 Å². The van der Waals surface area contributed by atoms with Crippen molar-refractivity contribution in [3.8, 4) is 0 Å². The number of nitrogens with zero attached hydrogens (tertiary/aromatic N) is 2. The van der Waals surface area contributed by atoms with E-state index in [0.29, 0.717) is 0 Å². The second-order valence-corrected chi connectivity index (χ2v) is 17.5. The van der Waals surface area contributed by atoms with Crippen molar-refractivity contribution < 1.29 is 18.7 Å². The highest BCUT2D eigenvalue weighted by molar-refractivity contribution is 7.09. The Bertz CT molecular complexity index is 1170. The Morgan fingerprint density at radius 1 is 1.00 bits per heavy atom. The number of carbonyl (C=O) groups is 1. The van der Waals surface area contributed by atoms with Crippen molar-refractivity contribution >= 4 is 36.1 Å². The van der Waals surface area contributed by atoms with E-state index < -0.39 is 37.9 Å². The summed E-state index contributed by atoms with van der Waals surface area (Å²) >= 11 is 1.52. The first-order valence-electron chi connectivity index (χ1n) is 13.1. The molecule has 0 radical (unpaired) electrons. The number of hydrogen-bond acceptors (Lipinski definition) is 6. The quantitative estimate of drug-likeness (QED) is 0.344. The van der Waals surface area contributed by atoms with Gasteiger partial charge in [-0.25, -0.2) is 9.78 Å². The van der Waals surface area contributed by atoms with Crippen LogP contribution < -0.4 is 10.4 Å². The third-order valence-corrected chi connectivity index (χ3v) is 12.7. The average molecular weight is 553 g/mol. The zero-order valence-electron chi connectivity index (χ0n) is 23.7. The highest BCUT2D eigenvalue weighted by Crippen LogP contribution is 2.44. The summed E-state index contributed by atoms with van der Waals surface area (Å²) in [6.45, 7) is 16.5. The lowest BCUT2D eigenvalue weighted by molar-refractivity contribution is -0.0799. The molecule has 1 aliphatic heterocycles. The molecule has 0 aliphatic carbocycles. The van der Waals surface area contributed by atoms with Crippen LogP contribution in [0.4, 0.5) is 4.79 Å². The van der Waals surface area contributed by atoms with Crippen molar-refractivity contribution in [1.82, 2.24) is 9.88 Å². The van der Waals surface area contributed by atoms with Gasteiger partial charge in [-0.3, -0.25) is 4.90 Å². The number of ether oxygens (including phenoxy) is 2. The van der Waals surface area contributed by atoms with Gasteiger partial charge in [0.1, 0.15) is 22.4 Å². The van der Waals surface area contributed by atoms with Gasteiger partial charge in [0.15, 0.2) is 0 Å². The monoisotopic (exact) mass is 552 g/mol. The molecule has 1 saturated heterocycles. The summed E-state index contributed by atoms with van der Waals surface area (Å²) in [5, 5.41) is 4.93. The summed E-state index contributed by atoms with van der Waals surface area (Å²) in [6, 6.07) is 20.6. The molecule has 1 aliphatic rings. The van der Waals surface area contributed by atoms with E-state index in [-0.39, 0.29) is 11.6 Å². The van der Waals surface area contributed by atoms with E-state index in [2.05, 4.69) is 74.3 Å². The Labute approximate surface area is 232 Å². The normalized spacial score (nSPS) is 19.9. The van der Waals surface area contributed by atoms with Crippen LogP contribution in [0.2, 0.25) is 5.04 Å². The maximum atomic E-state index is 13.6. The third-order valence-electron chi connectivity index (χ3n) is 6.85. The highest BCUT2D eigenvalue weighted by atomic mass is 32.1. The van der Waals surface area contributed by atoms with Crippen molar-refractivity contribution in [1.29, 1.82) is 0 Å². The molecule has 2 atom stereocenters. The van der Waals surface area contributed by atoms with E-state index in [1.54, 1.807) is 11.1 Å². The van der Waals surface area contributed by atoms with Crippen molar-refractivity contribution in [2.75, 3.05) is 6.61 Å². The Balaban J connectivity index is 1.81. The Morgan fingerprint density at radius 3 is 2.00 bits per heavy atom. The van der Waals surface area contributed by atoms with Gasteiger partial charge in [0, 0.05) is 11.6 Å².